The van der Waals surface area contributed by atoms with E-state index in [1.807, 2.05) is 0 Å². The molecule has 0 spiro atoms. The zero-order valence-electron chi connectivity index (χ0n) is 11.4. The summed E-state index contributed by atoms with van der Waals surface area (Å²) in [5, 5.41) is 2.65. The quantitative estimate of drug-likeness (QED) is 0.842. The standard InChI is InChI=1S/C13H20N2O3S/c1-4-19(17,18)11-8-6-5-7-10(11)12(16)15-9-13(2,3)14/h5-8H,4,9,14H2,1-3H3,(H,15,16). The molecule has 0 atom stereocenters. The van der Waals surface area contributed by atoms with E-state index in [1.54, 1.807) is 32.9 Å². The van der Waals surface area contributed by atoms with Crippen molar-refractivity contribution in [1.29, 1.82) is 0 Å². The van der Waals surface area contributed by atoms with E-state index in [-0.39, 0.29) is 22.8 Å². The molecule has 0 aliphatic heterocycles. The van der Waals surface area contributed by atoms with E-state index in [9.17, 15) is 13.2 Å². The lowest BCUT2D eigenvalue weighted by Gasteiger charge is -2.19. The van der Waals surface area contributed by atoms with E-state index in [0.29, 0.717) is 0 Å². The van der Waals surface area contributed by atoms with Gasteiger partial charge in [-0.1, -0.05) is 19.1 Å². The highest BCUT2D eigenvalue weighted by Gasteiger charge is 2.21. The Morgan fingerprint density at radius 1 is 1.32 bits per heavy atom. The Kier molecular flexibility index (Phi) is 4.70. The number of nitrogens with one attached hydrogen (secondary N) is 1. The lowest BCUT2D eigenvalue weighted by atomic mass is 10.1. The molecule has 1 amide bonds. The van der Waals surface area contributed by atoms with Gasteiger partial charge in [0.25, 0.3) is 5.91 Å². The highest BCUT2D eigenvalue weighted by molar-refractivity contribution is 7.91. The maximum Gasteiger partial charge on any atom is 0.252 e. The SMILES string of the molecule is CCS(=O)(=O)c1ccccc1C(=O)NCC(C)(C)N. The summed E-state index contributed by atoms with van der Waals surface area (Å²) in [6.45, 7) is 5.38. The average molecular weight is 284 g/mol. The zero-order valence-corrected chi connectivity index (χ0v) is 12.3. The van der Waals surface area contributed by atoms with E-state index in [0.717, 1.165) is 0 Å². The van der Waals surface area contributed by atoms with E-state index >= 15 is 0 Å². The van der Waals surface area contributed by atoms with Gasteiger partial charge in [0.1, 0.15) is 0 Å². The number of hydrogen-bond donors (Lipinski definition) is 2. The number of carbonyl (C=O) groups excluding carboxylic acids is 1. The van der Waals surface area contributed by atoms with E-state index in [4.69, 9.17) is 5.73 Å². The highest BCUT2D eigenvalue weighted by atomic mass is 32.2. The predicted molar refractivity (Wildman–Crippen MR) is 74.8 cm³/mol. The predicted octanol–water partition coefficient (Wildman–Crippen LogP) is 0.947. The van der Waals surface area contributed by atoms with Crippen molar-refractivity contribution in [2.24, 2.45) is 5.73 Å². The molecule has 1 aromatic rings. The molecular weight excluding hydrogens is 264 g/mol. The first kappa shape index (κ1) is 15.7. The molecule has 0 radical (unpaired) electrons. The summed E-state index contributed by atoms with van der Waals surface area (Å²) in [5.74, 6) is -0.467. The summed E-state index contributed by atoms with van der Waals surface area (Å²) < 4.78 is 23.8. The average Bonchev–Trinajstić information content (AvgIpc) is 2.35. The lowest BCUT2D eigenvalue weighted by Crippen LogP contribution is -2.45. The Hall–Kier alpha value is -1.40. The minimum absolute atomic E-state index is 0.0420. The van der Waals surface area contributed by atoms with Crippen LogP contribution in [0.25, 0.3) is 0 Å². The summed E-state index contributed by atoms with van der Waals surface area (Å²) in [6.07, 6.45) is 0. The molecule has 0 saturated carbocycles. The largest absolute Gasteiger partial charge is 0.350 e. The number of sulfone groups is 1. The van der Waals surface area contributed by atoms with Crippen LogP contribution in [-0.4, -0.2) is 32.2 Å². The molecule has 6 heteroatoms. The van der Waals surface area contributed by atoms with Gasteiger partial charge in [0.2, 0.25) is 0 Å². The van der Waals surface area contributed by atoms with Gasteiger partial charge in [-0.25, -0.2) is 8.42 Å². The molecule has 1 aromatic carbocycles. The number of amides is 1. The van der Waals surface area contributed by atoms with Gasteiger partial charge in [0, 0.05) is 12.1 Å². The lowest BCUT2D eigenvalue weighted by molar-refractivity contribution is 0.0942. The normalized spacial score (nSPS) is 12.2. The number of benzene rings is 1. The van der Waals surface area contributed by atoms with Crippen LogP contribution >= 0.6 is 0 Å². The third kappa shape index (κ3) is 4.33. The second-order valence-electron chi connectivity index (χ2n) is 5.07. The zero-order chi connectivity index (χ0) is 14.7. The topological polar surface area (TPSA) is 89.3 Å². The summed E-state index contributed by atoms with van der Waals surface area (Å²) in [7, 11) is -3.42. The second kappa shape index (κ2) is 5.71. The van der Waals surface area contributed by atoms with E-state index in [2.05, 4.69) is 5.32 Å². The van der Waals surface area contributed by atoms with Crippen molar-refractivity contribution < 1.29 is 13.2 Å². The van der Waals surface area contributed by atoms with Gasteiger partial charge < -0.3 is 11.1 Å². The molecule has 0 aliphatic carbocycles. The number of hydrogen-bond acceptors (Lipinski definition) is 4. The Labute approximate surface area is 114 Å². The van der Waals surface area contributed by atoms with Gasteiger partial charge in [-0.3, -0.25) is 4.79 Å². The van der Waals surface area contributed by atoms with Gasteiger partial charge in [0.05, 0.1) is 16.2 Å². The fourth-order valence-corrected chi connectivity index (χ4v) is 2.58. The molecule has 0 heterocycles. The van der Waals surface area contributed by atoms with Gasteiger partial charge in [-0.05, 0) is 26.0 Å². The van der Waals surface area contributed by atoms with Crippen molar-refractivity contribution in [1.82, 2.24) is 5.32 Å². The van der Waals surface area contributed by atoms with Crippen LogP contribution in [0, 0.1) is 0 Å². The van der Waals surface area contributed by atoms with E-state index in [1.165, 1.54) is 12.1 Å². The minimum atomic E-state index is -3.42. The Balaban J connectivity index is 3.05. The van der Waals surface area contributed by atoms with Crippen molar-refractivity contribution in [3.8, 4) is 0 Å². The molecule has 0 fully saturated rings. The number of carbonyl (C=O) groups is 1. The first-order chi connectivity index (χ1) is 8.67. The molecule has 106 valence electrons. The van der Waals surface area contributed by atoms with Crippen LogP contribution in [0.1, 0.15) is 31.1 Å². The van der Waals surface area contributed by atoms with Gasteiger partial charge >= 0.3 is 0 Å². The maximum absolute atomic E-state index is 12.0. The van der Waals surface area contributed by atoms with Crippen molar-refractivity contribution in [3.63, 3.8) is 0 Å². The fraction of sp³-hybridized carbons (Fsp3) is 0.462. The molecular formula is C13H20N2O3S. The molecule has 1 rings (SSSR count). The van der Waals surface area contributed by atoms with Gasteiger partial charge in [-0.2, -0.15) is 0 Å². The third-order valence-electron chi connectivity index (χ3n) is 2.55. The molecule has 3 N–H and O–H groups in total. The summed E-state index contributed by atoms with van der Waals surface area (Å²) in [5.41, 5.74) is 5.39. The molecule has 0 aliphatic rings. The summed E-state index contributed by atoms with van der Waals surface area (Å²) in [6, 6.07) is 6.19. The smallest absolute Gasteiger partial charge is 0.252 e. The first-order valence-corrected chi connectivity index (χ1v) is 7.71. The molecule has 0 saturated heterocycles. The van der Waals surface area contributed by atoms with Crippen LogP contribution in [0.15, 0.2) is 29.2 Å². The molecule has 0 unspecified atom stereocenters. The first-order valence-electron chi connectivity index (χ1n) is 6.06. The second-order valence-corrected chi connectivity index (χ2v) is 7.32. The van der Waals surface area contributed by atoms with Crippen molar-refractivity contribution >= 4 is 15.7 Å². The van der Waals surface area contributed by atoms with Crippen molar-refractivity contribution in [2.75, 3.05) is 12.3 Å². The van der Waals surface area contributed by atoms with Crippen LogP contribution in [0.5, 0.6) is 0 Å². The number of nitrogens with two attached hydrogens (primary N) is 1. The minimum Gasteiger partial charge on any atom is -0.350 e. The fourth-order valence-electron chi connectivity index (χ4n) is 1.48. The van der Waals surface area contributed by atoms with E-state index < -0.39 is 21.3 Å². The van der Waals surface area contributed by atoms with Gasteiger partial charge in [0.15, 0.2) is 9.84 Å². The molecule has 0 bridgehead atoms. The Morgan fingerprint density at radius 3 is 2.42 bits per heavy atom. The summed E-state index contributed by atoms with van der Waals surface area (Å²) in [4.78, 5) is 12.1. The van der Waals surface area contributed by atoms with Crippen LogP contribution in [0.4, 0.5) is 0 Å². The Morgan fingerprint density at radius 2 is 1.89 bits per heavy atom. The third-order valence-corrected chi connectivity index (χ3v) is 4.34. The molecule has 0 aromatic heterocycles. The van der Waals surface area contributed by atoms with Crippen LogP contribution in [0.2, 0.25) is 0 Å². The van der Waals surface area contributed by atoms with Crippen LogP contribution in [-0.2, 0) is 9.84 Å². The molecule has 19 heavy (non-hydrogen) atoms. The number of rotatable bonds is 5. The summed E-state index contributed by atoms with van der Waals surface area (Å²) >= 11 is 0. The molecule has 5 nitrogen and oxygen atoms in total. The van der Waals surface area contributed by atoms with Crippen molar-refractivity contribution in [3.05, 3.63) is 29.8 Å². The monoisotopic (exact) mass is 284 g/mol. The maximum atomic E-state index is 12.0. The van der Waals surface area contributed by atoms with Crippen LogP contribution < -0.4 is 11.1 Å². The Bertz CT molecular complexity index is 559. The van der Waals surface area contributed by atoms with Crippen molar-refractivity contribution in [2.45, 2.75) is 31.2 Å². The van der Waals surface area contributed by atoms with Gasteiger partial charge in [-0.15, -0.1) is 0 Å². The highest BCUT2D eigenvalue weighted by Crippen LogP contribution is 2.17. The van der Waals surface area contributed by atoms with Crippen LogP contribution in [0.3, 0.4) is 0 Å².